The van der Waals surface area contributed by atoms with Crippen molar-refractivity contribution in [2.24, 2.45) is 0 Å². The van der Waals surface area contributed by atoms with Crippen LogP contribution in [-0.4, -0.2) is 29.0 Å². The summed E-state index contributed by atoms with van der Waals surface area (Å²) in [5.41, 5.74) is 2.26. The molecule has 3 rings (SSSR count). The van der Waals surface area contributed by atoms with Crippen molar-refractivity contribution in [1.82, 2.24) is 9.88 Å². The smallest absolute Gasteiger partial charge is 0.125 e. The Hall–Kier alpha value is -1.35. The normalized spacial score (nSPS) is 25.0. The lowest BCUT2D eigenvalue weighted by molar-refractivity contribution is 0.152. The van der Waals surface area contributed by atoms with Gasteiger partial charge in [-0.2, -0.15) is 0 Å². The van der Waals surface area contributed by atoms with E-state index >= 15 is 0 Å². The van der Waals surface area contributed by atoms with Gasteiger partial charge in [-0.1, -0.05) is 6.92 Å². The summed E-state index contributed by atoms with van der Waals surface area (Å²) in [6.07, 6.45) is 4.53. The van der Waals surface area contributed by atoms with E-state index in [1.54, 1.807) is 12.1 Å². The highest BCUT2D eigenvalue weighted by Gasteiger charge is 2.26. The molecular formula is C16H21FN2. The molecule has 0 amide bonds. The molecule has 2 nitrogen and oxygen atoms in total. The molecule has 2 atom stereocenters. The number of fused-ring (bicyclic) bond motifs is 1. The molecule has 0 saturated carbocycles. The van der Waals surface area contributed by atoms with E-state index < -0.39 is 0 Å². The van der Waals surface area contributed by atoms with Crippen molar-refractivity contribution < 1.29 is 4.39 Å². The number of nitrogens with one attached hydrogen (secondary N) is 1. The van der Waals surface area contributed by atoms with Gasteiger partial charge in [-0.3, -0.25) is 0 Å². The lowest BCUT2D eigenvalue weighted by Crippen LogP contribution is -2.40. The van der Waals surface area contributed by atoms with Crippen LogP contribution in [0.2, 0.25) is 0 Å². The number of hydrogen-bond acceptors (Lipinski definition) is 1. The summed E-state index contributed by atoms with van der Waals surface area (Å²) >= 11 is 0. The summed E-state index contributed by atoms with van der Waals surface area (Å²) in [6.45, 7) is 6.75. The number of piperidine rings is 1. The molecule has 1 N–H and O–H groups in total. The van der Waals surface area contributed by atoms with Crippen molar-refractivity contribution in [3.63, 3.8) is 0 Å². The average Bonchev–Trinajstić information content (AvgIpc) is 2.82. The number of likely N-dealkylation sites (tertiary alicyclic amines) is 1. The molecule has 0 spiro atoms. The maximum atomic E-state index is 13.2. The molecule has 1 aromatic carbocycles. The van der Waals surface area contributed by atoms with E-state index in [4.69, 9.17) is 0 Å². The minimum Gasteiger partial charge on any atom is -0.361 e. The summed E-state index contributed by atoms with van der Waals surface area (Å²) in [7, 11) is 0. The van der Waals surface area contributed by atoms with Gasteiger partial charge in [0, 0.05) is 29.7 Å². The number of H-pyrrole nitrogens is 1. The maximum absolute atomic E-state index is 13.2. The first-order valence-electron chi connectivity index (χ1n) is 7.19. The lowest BCUT2D eigenvalue weighted by atomic mass is 9.87. The second-order valence-electron chi connectivity index (χ2n) is 5.64. The van der Waals surface area contributed by atoms with Crippen LogP contribution in [0, 0.1) is 5.82 Å². The fourth-order valence-corrected chi connectivity index (χ4v) is 3.33. The van der Waals surface area contributed by atoms with Crippen molar-refractivity contribution in [2.45, 2.75) is 38.6 Å². The zero-order valence-corrected chi connectivity index (χ0v) is 11.6. The zero-order chi connectivity index (χ0) is 13.4. The number of hydrogen-bond donors (Lipinski definition) is 1. The van der Waals surface area contributed by atoms with Crippen molar-refractivity contribution in [2.75, 3.05) is 13.1 Å². The maximum Gasteiger partial charge on any atom is 0.125 e. The summed E-state index contributed by atoms with van der Waals surface area (Å²) in [5.74, 6) is 0.392. The van der Waals surface area contributed by atoms with E-state index in [0.717, 1.165) is 18.6 Å². The fraction of sp³-hybridized carbons (Fsp3) is 0.500. The number of benzene rings is 1. The zero-order valence-electron chi connectivity index (χ0n) is 11.6. The van der Waals surface area contributed by atoms with Crippen LogP contribution in [0.5, 0.6) is 0 Å². The highest BCUT2D eigenvalue weighted by molar-refractivity contribution is 5.83. The third-order valence-corrected chi connectivity index (χ3v) is 4.53. The van der Waals surface area contributed by atoms with Crippen molar-refractivity contribution in [3.05, 3.63) is 35.8 Å². The van der Waals surface area contributed by atoms with Gasteiger partial charge in [-0.15, -0.1) is 0 Å². The molecule has 0 bridgehead atoms. The minimum atomic E-state index is -0.173. The molecule has 0 unspecified atom stereocenters. The van der Waals surface area contributed by atoms with Crippen LogP contribution >= 0.6 is 0 Å². The van der Waals surface area contributed by atoms with Gasteiger partial charge in [-0.25, -0.2) is 4.39 Å². The average molecular weight is 260 g/mol. The van der Waals surface area contributed by atoms with E-state index in [0.29, 0.717) is 12.0 Å². The topological polar surface area (TPSA) is 19.0 Å². The van der Waals surface area contributed by atoms with Crippen molar-refractivity contribution >= 4 is 10.9 Å². The molecule has 1 fully saturated rings. The molecule has 1 aliphatic rings. The van der Waals surface area contributed by atoms with Gasteiger partial charge in [0.1, 0.15) is 5.82 Å². The van der Waals surface area contributed by atoms with Gasteiger partial charge in [0.2, 0.25) is 0 Å². The van der Waals surface area contributed by atoms with Crippen LogP contribution in [0.15, 0.2) is 24.4 Å². The predicted octanol–water partition coefficient (Wildman–Crippen LogP) is 3.89. The van der Waals surface area contributed by atoms with E-state index in [2.05, 4.69) is 29.9 Å². The molecule has 3 heteroatoms. The number of halogens is 1. The van der Waals surface area contributed by atoms with Crippen LogP contribution in [-0.2, 0) is 0 Å². The van der Waals surface area contributed by atoms with Crippen LogP contribution < -0.4 is 0 Å². The Kier molecular flexibility index (Phi) is 3.31. The first-order chi connectivity index (χ1) is 9.19. The molecule has 2 aromatic rings. The Morgan fingerprint density at radius 1 is 1.37 bits per heavy atom. The van der Waals surface area contributed by atoms with Crippen molar-refractivity contribution in [1.29, 1.82) is 0 Å². The highest BCUT2D eigenvalue weighted by Crippen LogP contribution is 2.34. The second kappa shape index (κ2) is 4.97. The number of likely N-dealkylation sites (N-methyl/N-ethyl adjacent to an activating group) is 1. The molecule has 1 aromatic heterocycles. The van der Waals surface area contributed by atoms with Crippen LogP contribution in [0.25, 0.3) is 10.9 Å². The molecule has 1 saturated heterocycles. The Morgan fingerprint density at radius 3 is 3.00 bits per heavy atom. The summed E-state index contributed by atoms with van der Waals surface area (Å²) in [4.78, 5) is 5.75. The molecule has 102 valence electrons. The first kappa shape index (κ1) is 12.7. The molecular weight excluding hydrogens is 239 g/mol. The Balaban J connectivity index is 1.92. The van der Waals surface area contributed by atoms with Crippen LogP contribution in [0.4, 0.5) is 4.39 Å². The molecule has 0 radical (unpaired) electrons. The van der Waals surface area contributed by atoms with E-state index in [-0.39, 0.29) is 5.82 Å². The van der Waals surface area contributed by atoms with E-state index in [1.165, 1.54) is 23.8 Å². The monoisotopic (exact) mass is 260 g/mol. The quantitative estimate of drug-likeness (QED) is 0.867. The van der Waals surface area contributed by atoms with Gasteiger partial charge < -0.3 is 9.88 Å². The molecule has 2 heterocycles. The van der Waals surface area contributed by atoms with Crippen LogP contribution in [0.3, 0.4) is 0 Å². The number of nitrogens with zero attached hydrogens (tertiary/aromatic N) is 1. The largest absolute Gasteiger partial charge is 0.361 e. The number of rotatable bonds is 2. The van der Waals surface area contributed by atoms with Gasteiger partial charge >= 0.3 is 0 Å². The number of aromatic amines is 1. The summed E-state index contributed by atoms with van der Waals surface area (Å²) < 4.78 is 13.2. The summed E-state index contributed by atoms with van der Waals surface area (Å²) in [5, 5.41) is 1.18. The first-order valence-corrected chi connectivity index (χ1v) is 7.19. The Bertz CT molecular complexity index is 575. The van der Waals surface area contributed by atoms with Crippen molar-refractivity contribution in [3.8, 4) is 0 Å². The fourth-order valence-electron chi connectivity index (χ4n) is 3.33. The lowest BCUT2D eigenvalue weighted by Gasteiger charge is -2.37. The van der Waals surface area contributed by atoms with E-state index in [9.17, 15) is 4.39 Å². The standard InChI is InChI=1S/C16H21FN2/c1-3-19-10-12(5-4-11(19)2)15-9-18-16-8-13(17)6-7-14(15)16/h6-9,11-12,18H,3-5,10H2,1-2H3/t11-,12-/m1/s1. The SMILES string of the molecule is CCN1C[C@H](c2c[nH]c3cc(F)ccc23)CC[C@H]1C. The Morgan fingerprint density at radius 2 is 2.21 bits per heavy atom. The number of aromatic nitrogens is 1. The van der Waals surface area contributed by atoms with Crippen LogP contribution in [0.1, 0.15) is 38.2 Å². The minimum absolute atomic E-state index is 0.173. The second-order valence-corrected chi connectivity index (χ2v) is 5.64. The third kappa shape index (κ3) is 2.27. The summed E-state index contributed by atoms with van der Waals surface area (Å²) in [6, 6.07) is 5.74. The van der Waals surface area contributed by atoms with Gasteiger partial charge in [0.05, 0.1) is 0 Å². The van der Waals surface area contributed by atoms with E-state index in [1.807, 2.05) is 6.07 Å². The molecule has 0 aliphatic carbocycles. The van der Waals surface area contributed by atoms with Gasteiger partial charge in [-0.05, 0) is 56.0 Å². The van der Waals surface area contributed by atoms with Gasteiger partial charge in [0.15, 0.2) is 0 Å². The third-order valence-electron chi connectivity index (χ3n) is 4.53. The van der Waals surface area contributed by atoms with Gasteiger partial charge in [0.25, 0.3) is 0 Å². The molecule has 19 heavy (non-hydrogen) atoms. The Labute approximate surface area is 113 Å². The highest BCUT2D eigenvalue weighted by atomic mass is 19.1. The molecule has 1 aliphatic heterocycles. The predicted molar refractivity (Wildman–Crippen MR) is 76.9 cm³/mol.